The molecule has 1 unspecified atom stereocenters. The van der Waals surface area contributed by atoms with Crippen LogP contribution in [0.3, 0.4) is 0 Å². The molecule has 0 N–H and O–H groups in total. The molecule has 2 heteroatoms. The summed E-state index contributed by atoms with van der Waals surface area (Å²) in [7, 11) is 0. The van der Waals surface area contributed by atoms with E-state index in [9.17, 15) is 4.79 Å². The highest BCUT2D eigenvalue weighted by atomic mass is 16.5. The van der Waals surface area contributed by atoms with E-state index in [1.807, 2.05) is 6.92 Å². The molecular weight excluding hydrogens is 308 g/mol. The number of carbonyl (C=O) groups is 1. The lowest BCUT2D eigenvalue weighted by Gasteiger charge is -2.10. The summed E-state index contributed by atoms with van der Waals surface area (Å²) in [4.78, 5) is 11.7. The third kappa shape index (κ3) is 25.8. The monoisotopic (exact) mass is 362 g/mol. The zero-order valence-electron chi connectivity index (χ0n) is 14.8. The summed E-state index contributed by atoms with van der Waals surface area (Å²) in [5.41, 5.74) is 0. The molecule has 2 nitrogen and oxygen atoms in total. The van der Waals surface area contributed by atoms with E-state index in [1.54, 1.807) is 0 Å². The number of ether oxygens (including phenoxy) is 1. The maximum atomic E-state index is 11.7. The lowest BCUT2D eigenvalue weighted by Crippen LogP contribution is -2.15. The van der Waals surface area contributed by atoms with E-state index in [0.717, 1.165) is 25.7 Å². The van der Waals surface area contributed by atoms with Crippen LogP contribution in [0.5, 0.6) is 0 Å². The van der Waals surface area contributed by atoms with E-state index in [0.29, 0.717) is 6.61 Å². The molecule has 0 heterocycles. The van der Waals surface area contributed by atoms with Gasteiger partial charge in [-0.1, -0.05) is 121 Å². The van der Waals surface area contributed by atoms with Crippen molar-refractivity contribution in [2.75, 3.05) is 6.61 Å². The van der Waals surface area contributed by atoms with Gasteiger partial charge in [-0.25, -0.2) is 0 Å². The first-order valence-electron chi connectivity index (χ1n) is 9.39. The summed E-state index contributed by atoms with van der Waals surface area (Å²) in [6, 6.07) is 0. The first-order valence-corrected chi connectivity index (χ1v) is 9.39. The topological polar surface area (TPSA) is 26.3 Å². The Morgan fingerprint density at radius 1 is 0.680 bits per heavy atom. The summed E-state index contributed by atoms with van der Waals surface area (Å²) in [6.45, 7) is 7.02. The van der Waals surface area contributed by atoms with E-state index >= 15 is 0 Å². The molecule has 0 aromatic heterocycles. The van der Waals surface area contributed by atoms with Crippen molar-refractivity contribution >= 4 is 5.97 Å². The third-order valence-electron chi connectivity index (χ3n) is 4.14. The van der Waals surface area contributed by atoms with Gasteiger partial charge in [0.1, 0.15) is 0 Å². The van der Waals surface area contributed by atoms with Crippen LogP contribution in [0, 0.1) is 5.92 Å². The summed E-state index contributed by atoms with van der Waals surface area (Å²) in [6.07, 6.45) is 16.4. The van der Waals surface area contributed by atoms with E-state index < -0.39 is 0 Å². The summed E-state index contributed by atoms with van der Waals surface area (Å²) >= 11 is 0. The molecule has 0 aliphatic rings. The minimum absolute atomic E-state index is 0. The first kappa shape index (κ1) is 35.6. The van der Waals surface area contributed by atoms with Gasteiger partial charge >= 0.3 is 5.97 Å². The minimum atomic E-state index is -0.000579. The fraction of sp³-hybridized carbons (Fsp3) is 0.957. The molecule has 0 saturated heterocycles. The highest BCUT2D eigenvalue weighted by molar-refractivity contribution is 5.71. The summed E-state index contributed by atoms with van der Waals surface area (Å²) in [5, 5.41) is 0. The van der Waals surface area contributed by atoms with Crippen LogP contribution in [-0.2, 0) is 9.53 Å². The van der Waals surface area contributed by atoms with Crippen LogP contribution in [0.25, 0.3) is 0 Å². The van der Waals surface area contributed by atoms with Crippen molar-refractivity contribution in [3.63, 3.8) is 0 Å². The average molecular weight is 363 g/mol. The SMILES string of the molecule is C.C.C.C.CCCCCCCCCCCCOC(=O)C(C)CCCC. The van der Waals surface area contributed by atoms with Crippen LogP contribution >= 0.6 is 0 Å². The highest BCUT2D eigenvalue weighted by Gasteiger charge is 2.12. The summed E-state index contributed by atoms with van der Waals surface area (Å²) in [5.74, 6) is 0.0763. The Hall–Kier alpha value is -0.530. The predicted octanol–water partition coefficient (Wildman–Crippen LogP) is 8.82. The van der Waals surface area contributed by atoms with Gasteiger partial charge in [0.05, 0.1) is 12.5 Å². The molecule has 1 atom stereocenters. The van der Waals surface area contributed by atoms with Crippen molar-refractivity contribution < 1.29 is 9.53 Å². The van der Waals surface area contributed by atoms with Crippen molar-refractivity contribution in [2.45, 2.75) is 134 Å². The Morgan fingerprint density at radius 3 is 1.52 bits per heavy atom. The van der Waals surface area contributed by atoms with E-state index in [2.05, 4.69) is 13.8 Å². The second kappa shape index (κ2) is 28.3. The molecule has 0 saturated carbocycles. The highest BCUT2D eigenvalue weighted by Crippen LogP contribution is 2.12. The lowest BCUT2D eigenvalue weighted by atomic mass is 10.1. The van der Waals surface area contributed by atoms with Gasteiger partial charge in [0.15, 0.2) is 0 Å². The minimum Gasteiger partial charge on any atom is -0.465 e. The second-order valence-electron chi connectivity index (χ2n) is 6.39. The Kier molecular flexibility index (Phi) is 40.2. The standard InChI is InChI=1S/C19H38O2.4CH4/c1-4-6-8-9-10-11-12-13-14-15-17-21-19(20)18(3)16-7-5-2;;;;/h18H,4-17H2,1-3H3;4*1H4. The molecular formula is C23H54O2. The zero-order chi connectivity index (χ0) is 15.8. The van der Waals surface area contributed by atoms with Gasteiger partial charge in [0.25, 0.3) is 0 Å². The van der Waals surface area contributed by atoms with Gasteiger partial charge in [-0.2, -0.15) is 0 Å². The van der Waals surface area contributed by atoms with E-state index in [4.69, 9.17) is 4.74 Å². The number of carbonyl (C=O) groups excluding carboxylic acids is 1. The van der Waals surface area contributed by atoms with Crippen LogP contribution < -0.4 is 0 Å². The van der Waals surface area contributed by atoms with E-state index in [-0.39, 0.29) is 41.6 Å². The molecule has 0 aromatic rings. The number of rotatable bonds is 15. The molecule has 0 spiro atoms. The second-order valence-corrected chi connectivity index (χ2v) is 6.39. The maximum absolute atomic E-state index is 11.7. The largest absolute Gasteiger partial charge is 0.465 e. The van der Waals surface area contributed by atoms with Crippen LogP contribution in [0.2, 0.25) is 0 Å². The fourth-order valence-corrected chi connectivity index (χ4v) is 2.53. The van der Waals surface area contributed by atoms with Gasteiger partial charge in [-0.3, -0.25) is 4.79 Å². The molecule has 0 amide bonds. The molecule has 0 fully saturated rings. The van der Waals surface area contributed by atoms with Gasteiger partial charge in [0, 0.05) is 0 Å². The molecule has 0 aromatic carbocycles. The quantitative estimate of drug-likeness (QED) is 0.215. The predicted molar refractivity (Wildman–Crippen MR) is 118 cm³/mol. The van der Waals surface area contributed by atoms with Crippen LogP contribution in [0.1, 0.15) is 134 Å². The third-order valence-corrected chi connectivity index (χ3v) is 4.14. The Balaban J connectivity index is -0.000000333. The van der Waals surface area contributed by atoms with Crippen molar-refractivity contribution in [1.29, 1.82) is 0 Å². The van der Waals surface area contributed by atoms with Crippen molar-refractivity contribution in [1.82, 2.24) is 0 Å². The van der Waals surface area contributed by atoms with Crippen molar-refractivity contribution in [3.8, 4) is 0 Å². The van der Waals surface area contributed by atoms with Gasteiger partial charge < -0.3 is 4.74 Å². The van der Waals surface area contributed by atoms with E-state index in [1.165, 1.54) is 57.8 Å². The van der Waals surface area contributed by atoms with Crippen LogP contribution in [0.4, 0.5) is 0 Å². The molecule has 25 heavy (non-hydrogen) atoms. The average Bonchev–Trinajstić information content (AvgIpc) is 2.49. The smallest absolute Gasteiger partial charge is 0.308 e. The van der Waals surface area contributed by atoms with Crippen LogP contribution in [-0.4, -0.2) is 12.6 Å². The molecule has 0 aliphatic carbocycles. The van der Waals surface area contributed by atoms with Gasteiger partial charge in [-0.15, -0.1) is 0 Å². The van der Waals surface area contributed by atoms with Crippen molar-refractivity contribution in [3.05, 3.63) is 0 Å². The molecule has 158 valence electrons. The van der Waals surface area contributed by atoms with Gasteiger partial charge in [0.2, 0.25) is 0 Å². The first-order chi connectivity index (χ1) is 10.2. The molecule has 0 bridgehead atoms. The Morgan fingerprint density at radius 2 is 1.08 bits per heavy atom. The zero-order valence-corrected chi connectivity index (χ0v) is 14.8. The number of hydrogen-bond donors (Lipinski definition) is 0. The fourth-order valence-electron chi connectivity index (χ4n) is 2.53. The van der Waals surface area contributed by atoms with Gasteiger partial charge in [-0.05, 0) is 12.8 Å². The lowest BCUT2D eigenvalue weighted by molar-refractivity contribution is -0.148. The molecule has 0 aliphatic heterocycles. The van der Waals surface area contributed by atoms with Crippen LogP contribution in [0.15, 0.2) is 0 Å². The Bertz CT molecular complexity index is 226. The molecule has 0 radical (unpaired) electrons. The normalized spacial score (nSPS) is 10.4. The van der Waals surface area contributed by atoms with Crippen molar-refractivity contribution in [2.24, 2.45) is 5.92 Å². The number of unbranched alkanes of at least 4 members (excludes halogenated alkanes) is 10. The maximum Gasteiger partial charge on any atom is 0.308 e. The molecule has 0 rings (SSSR count). The Labute approximate surface area is 162 Å². The number of esters is 1. The summed E-state index contributed by atoms with van der Waals surface area (Å²) < 4.78 is 5.33. The number of hydrogen-bond acceptors (Lipinski definition) is 2.